The summed E-state index contributed by atoms with van der Waals surface area (Å²) in [5, 5.41) is 7.07. The number of aryl methyl sites for hydroxylation is 2. The Labute approximate surface area is 110 Å². The second kappa shape index (κ2) is 5.02. The second-order valence-corrected chi connectivity index (χ2v) is 5.43. The first kappa shape index (κ1) is 12.3. The minimum absolute atomic E-state index is 0.168. The highest BCUT2D eigenvalue weighted by atomic mass is 35.5. The largest absolute Gasteiger partial charge is 0.375 e. The number of hydrogen-bond acceptors (Lipinski definition) is 4. The molecule has 2 aromatic heterocycles. The average Bonchev–Trinajstić information content (AvgIpc) is 2.69. The van der Waals surface area contributed by atoms with Crippen LogP contribution in [0.4, 0.5) is 5.69 Å². The van der Waals surface area contributed by atoms with E-state index >= 15 is 0 Å². The molecule has 1 unspecified atom stereocenters. The maximum Gasteiger partial charge on any atom is 0.129 e. The van der Waals surface area contributed by atoms with Crippen LogP contribution < -0.4 is 5.32 Å². The van der Waals surface area contributed by atoms with Crippen LogP contribution in [0.3, 0.4) is 0 Å². The number of nitrogens with zero attached hydrogens (tertiary/aromatic N) is 2. The van der Waals surface area contributed by atoms with E-state index in [2.05, 4.69) is 27.6 Å². The number of anilines is 1. The number of pyridine rings is 1. The van der Waals surface area contributed by atoms with Gasteiger partial charge in [-0.1, -0.05) is 11.6 Å². The van der Waals surface area contributed by atoms with E-state index in [0.29, 0.717) is 5.15 Å². The first-order chi connectivity index (χ1) is 8.06. The van der Waals surface area contributed by atoms with Crippen molar-refractivity contribution in [3.63, 3.8) is 0 Å². The molecule has 5 heteroatoms. The van der Waals surface area contributed by atoms with Gasteiger partial charge in [-0.25, -0.2) is 9.97 Å². The SMILES string of the molecule is Cc1nc(C(C)Nc2cnc(Cl)cc2C)cs1. The molecule has 2 rings (SSSR count). The summed E-state index contributed by atoms with van der Waals surface area (Å²) >= 11 is 7.49. The number of aromatic nitrogens is 2. The zero-order chi connectivity index (χ0) is 12.4. The van der Waals surface area contributed by atoms with E-state index in [-0.39, 0.29) is 6.04 Å². The summed E-state index contributed by atoms with van der Waals surface area (Å²) in [5.41, 5.74) is 3.14. The van der Waals surface area contributed by atoms with Gasteiger partial charge in [0.2, 0.25) is 0 Å². The lowest BCUT2D eigenvalue weighted by molar-refractivity contribution is 0.842. The van der Waals surface area contributed by atoms with Gasteiger partial charge >= 0.3 is 0 Å². The highest BCUT2D eigenvalue weighted by Crippen LogP contribution is 2.23. The van der Waals surface area contributed by atoms with Crippen LogP contribution in [0.25, 0.3) is 0 Å². The van der Waals surface area contributed by atoms with Crippen LogP contribution in [0, 0.1) is 13.8 Å². The van der Waals surface area contributed by atoms with Gasteiger partial charge < -0.3 is 5.32 Å². The molecule has 0 bridgehead atoms. The molecule has 0 radical (unpaired) electrons. The van der Waals surface area contributed by atoms with Crippen molar-refractivity contribution in [3.05, 3.63) is 39.1 Å². The minimum atomic E-state index is 0.168. The van der Waals surface area contributed by atoms with Gasteiger partial charge in [0.1, 0.15) is 5.15 Å². The number of hydrogen-bond donors (Lipinski definition) is 1. The molecular weight excluding hydrogens is 254 g/mol. The monoisotopic (exact) mass is 267 g/mol. The fraction of sp³-hybridized carbons (Fsp3) is 0.333. The van der Waals surface area contributed by atoms with Gasteiger partial charge in [0.25, 0.3) is 0 Å². The Morgan fingerprint density at radius 1 is 1.41 bits per heavy atom. The standard InChI is InChI=1S/C12H14ClN3S/c1-7-4-12(13)14-5-10(7)15-8(2)11-6-17-9(3)16-11/h4-6,8,15H,1-3H3. The molecule has 0 amide bonds. The predicted octanol–water partition coefficient (Wildman–Crippen LogP) is 3.98. The highest BCUT2D eigenvalue weighted by Gasteiger charge is 2.10. The molecule has 17 heavy (non-hydrogen) atoms. The highest BCUT2D eigenvalue weighted by molar-refractivity contribution is 7.09. The van der Waals surface area contributed by atoms with Gasteiger partial charge in [0, 0.05) is 5.38 Å². The summed E-state index contributed by atoms with van der Waals surface area (Å²) in [6.07, 6.45) is 1.76. The Hall–Kier alpha value is -1.13. The van der Waals surface area contributed by atoms with E-state index < -0.39 is 0 Å². The molecule has 0 aliphatic carbocycles. The second-order valence-electron chi connectivity index (χ2n) is 3.98. The van der Waals surface area contributed by atoms with Crippen LogP contribution in [0.1, 0.15) is 29.2 Å². The van der Waals surface area contributed by atoms with E-state index in [9.17, 15) is 0 Å². The summed E-state index contributed by atoms with van der Waals surface area (Å²) in [6, 6.07) is 2.02. The molecule has 1 atom stereocenters. The molecule has 0 aliphatic rings. The zero-order valence-electron chi connectivity index (χ0n) is 9.99. The molecular formula is C12H14ClN3S. The lowest BCUT2D eigenvalue weighted by Crippen LogP contribution is -2.08. The normalized spacial score (nSPS) is 12.5. The van der Waals surface area contributed by atoms with E-state index in [1.54, 1.807) is 17.5 Å². The predicted molar refractivity (Wildman–Crippen MR) is 72.9 cm³/mol. The quantitative estimate of drug-likeness (QED) is 0.855. The van der Waals surface area contributed by atoms with E-state index in [0.717, 1.165) is 22.0 Å². The van der Waals surface area contributed by atoms with Gasteiger partial charge in [-0.15, -0.1) is 11.3 Å². The Bertz CT molecular complexity index is 524. The van der Waals surface area contributed by atoms with Crippen molar-refractivity contribution < 1.29 is 0 Å². The van der Waals surface area contributed by atoms with Crippen LogP contribution in [0.15, 0.2) is 17.6 Å². The molecule has 0 aliphatic heterocycles. The summed E-state index contributed by atoms with van der Waals surface area (Å²) in [7, 11) is 0. The molecule has 2 heterocycles. The summed E-state index contributed by atoms with van der Waals surface area (Å²) in [6.45, 7) is 6.10. The van der Waals surface area contributed by atoms with Crippen LogP contribution in [-0.2, 0) is 0 Å². The van der Waals surface area contributed by atoms with Crippen molar-refractivity contribution in [1.82, 2.24) is 9.97 Å². The van der Waals surface area contributed by atoms with Gasteiger partial charge in [-0.05, 0) is 32.4 Å². The molecule has 3 nitrogen and oxygen atoms in total. The molecule has 0 aromatic carbocycles. The Kier molecular flexibility index (Phi) is 3.64. The van der Waals surface area contributed by atoms with Crippen LogP contribution in [0.2, 0.25) is 5.15 Å². The fourth-order valence-corrected chi connectivity index (χ4v) is 2.48. The Balaban J connectivity index is 2.15. The molecule has 0 spiro atoms. The topological polar surface area (TPSA) is 37.8 Å². The minimum Gasteiger partial charge on any atom is -0.375 e. The first-order valence-corrected chi connectivity index (χ1v) is 6.62. The van der Waals surface area contributed by atoms with E-state index in [4.69, 9.17) is 11.6 Å². The smallest absolute Gasteiger partial charge is 0.129 e. The lowest BCUT2D eigenvalue weighted by atomic mass is 10.2. The van der Waals surface area contributed by atoms with Crippen molar-refractivity contribution in [2.75, 3.05) is 5.32 Å². The Morgan fingerprint density at radius 3 is 2.76 bits per heavy atom. The maximum absolute atomic E-state index is 5.82. The first-order valence-electron chi connectivity index (χ1n) is 5.37. The van der Waals surface area contributed by atoms with Crippen molar-refractivity contribution in [2.45, 2.75) is 26.8 Å². The van der Waals surface area contributed by atoms with Crippen LogP contribution in [-0.4, -0.2) is 9.97 Å². The summed E-state index contributed by atoms with van der Waals surface area (Å²) in [4.78, 5) is 8.54. The third-order valence-corrected chi connectivity index (χ3v) is 3.53. The van der Waals surface area contributed by atoms with Crippen LogP contribution >= 0.6 is 22.9 Å². The summed E-state index contributed by atoms with van der Waals surface area (Å²) < 4.78 is 0. The number of thiazole rings is 1. The third kappa shape index (κ3) is 2.96. The van der Waals surface area contributed by atoms with Crippen molar-refractivity contribution in [2.24, 2.45) is 0 Å². The Morgan fingerprint density at radius 2 is 2.18 bits per heavy atom. The lowest BCUT2D eigenvalue weighted by Gasteiger charge is -2.14. The summed E-state index contributed by atoms with van der Waals surface area (Å²) in [5.74, 6) is 0. The molecule has 0 saturated carbocycles. The van der Waals surface area contributed by atoms with Crippen molar-refractivity contribution >= 4 is 28.6 Å². The number of halogens is 1. The number of rotatable bonds is 3. The fourth-order valence-electron chi connectivity index (χ4n) is 1.56. The van der Waals surface area contributed by atoms with Gasteiger partial charge in [0.15, 0.2) is 0 Å². The zero-order valence-corrected chi connectivity index (χ0v) is 11.6. The molecule has 0 saturated heterocycles. The molecule has 2 aromatic rings. The maximum atomic E-state index is 5.82. The van der Waals surface area contributed by atoms with Gasteiger partial charge in [0.05, 0.1) is 28.6 Å². The van der Waals surface area contributed by atoms with Crippen molar-refractivity contribution in [3.8, 4) is 0 Å². The van der Waals surface area contributed by atoms with Crippen molar-refractivity contribution in [1.29, 1.82) is 0 Å². The third-order valence-electron chi connectivity index (χ3n) is 2.53. The molecule has 1 N–H and O–H groups in total. The van der Waals surface area contributed by atoms with Gasteiger partial charge in [-0.3, -0.25) is 0 Å². The average molecular weight is 268 g/mol. The number of nitrogens with one attached hydrogen (secondary N) is 1. The van der Waals surface area contributed by atoms with Crippen LogP contribution in [0.5, 0.6) is 0 Å². The van der Waals surface area contributed by atoms with E-state index in [1.807, 2.05) is 19.9 Å². The molecule has 0 fully saturated rings. The van der Waals surface area contributed by atoms with Gasteiger partial charge in [-0.2, -0.15) is 0 Å². The molecule has 90 valence electrons. The van der Waals surface area contributed by atoms with E-state index in [1.165, 1.54) is 0 Å².